The number of esters is 1. The Bertz CT molecular complexity index is 314. The molecule has 1 unspecified atom stereocenters. The monoisotopic (exact) mass is 310 g/mol. The van der Waals surface area contributed by atoms with Crippen LogP contribution in [0.25, 0.3) is 0 Å². The van der Waals surface area contributed by atoms with Crippen molar-refractivity contribution in [2.24, 2.45) is 0 Å². The van der Waals surface area contributed by atoms with Crippen LogP contribution in [-0.2, 0) is 9.53 Å². The lowest BCUT2D eigenvalue weighted by Gasteiger charge is -2.04. The highest BCUT2D eigenvalue weighted by Crippen LogP contribution is 2.12. The van der Waals surface area contributed by atoms with E-state index in [4.69, 9.17) is 0 Å². The summed E-state index contributed by atoms with van der Waals surface area (Å²) in [5.41, 5.74) is 0. The Morgan fingerprint density at radius 1 is 0.909 bits per heavy atom. The zero-order valence-electron chi connectivity index (χ0n) is 14.5. The summed E-state index contributed by atoms with van der Waals surface area (Å²) in [7, 11) is 0. The number of carbonyl (C=O) groups is 1. The summed E-state index contributed by atoms with van der Waals surface area (Å²) in [6.45, 7) is 4.31. The van der Waals surface area contributed by atoms with Crippen molar-refractivity contribution < 1.29 is 14.6 Å². The molecule has 0 heterocycles. The molecular weight excluding hydrogens is 276 g/mol. The van der Waals surface area contributed by atoms with Gasteiger partial charge in [0.1, 0.15) is 6.10 Å². The summed E-state index contributed by atoms with van der Waals surface area (Å²) in [5, 5.41) is 9.63. The highest BCUT2D eigenvalue weighted by Gasteiger charge is 2.00. The Labute approximate surface area is 136 Å². The van der Waals surface area contributed by atoms with E-state index < -0.39 is 12.1 Å². The van der Waals surface area contributed by atoms with Crippen LogP contribution >= 0.6 is 0 Å². The highest BCUT2D eigenvalue weighted by molar-refractivity contribution is 5.88. The summed E-state index contributed by atoms with van der Waals surface area (Å²) in [5.74, 6) is 4.29. The maximum atomic E-state index is 11.0. The van der Waals surface area contributed by atoms with E-state index >= 15 is 0 Å². The average Bonchev–Trinajstić information content (AvgIpc) is 2.51. The minimum Gasteiger partial charge on any atom is -0.456 e. The van der Waals surface area contributed by atoms with Gasteiger partial charge in [-0.2, -0.15) is 0 Å². The van der Waals surface area contributed by atoms with Crippen molar-refractivity contribution in [3.05, 3.63) is 0 Å². The van der Waals surface area contributed by atoms with Gasteiger partial charge in [0.15, 0.2) is 0 Å². The summed E-state index contributed by atoms with van der Waals surface area (Å²) < 4.78 is 4.68. The molecule has 0 amide bonds. The van der Waals surface area contributed by atoms with Crippen LogP contribution in [0, 0.1) is 11.8 Å². The van der Waals surface area contributed by atoms with Crippen LogP contribution in [0.1, 0.15) is 90.9 Å². The quantitative estimate of drug-likeness (QED) is 0.234. The Morgan fingerprint density at radius 2 is 1.41 bits per heavy atom. The second kappa shape index (κ2) is 16.4. The third-order valence-electron chi connectivity index (χ3n) is 3.70. The number of hydrogen-bond donors (Lipinski definition) is 1. The first kappa shape index (κ1) is 21.0. The zero-order valence-corrected chi connectivity index (χ0v) is 14.5. The minimum atomic E-state index is -0.706. The average molecular weight is 310 g/mol. The standard InChI is InChI=1S/C19H34O3/c1-3-5-6-7-8-9-10-11-12-13-14-15-18(20)16-17-19(21)22-4-2/h18,20H,3-15H2,1-2H3. The van der Waals surface area contributed by atoms with E-state index in [9.17, 15) is 9.90 Å². The number of hydrogen-bond acceptors (Lipinski definition) is 3. The van der Waals surface area contributed by atoms with Crippen LogP contribution in [0.4, 0.5) is 0 Å². The maximum Gasteiger partial charge on any atom is 0.384 e. The van der Waals surface area contributed by atoms with Crippen LogP contribution in [0.15, 0.2) is 0 Å². The third kappa shape index (κ3) is 15.4. The molecule has 0 radical (unpaired) electrons. The van der Waals surface area contributed by atoms with E-state index in [0.717, 1.165) is 12.8 Å². The van der Waals surface area contributed by atoms with Crippen molar-refractivity contribution in [1.29, 1.82) is 0 Å². The fourth-order valence-corrected chi connectivity index (χ4v) is 2.38. The molecule has 0 spiro atoms. The Hall–Kier alpha value is -1.01. The number of ether oxygens (including phenoxy) is 1. The second-order valence-corrected chi connectivity index (χ2v) is 5.83. The van der Waals surface area contributed by atoms with Crippen LogP contribution in [0.2, 0.25) is 0 Å². The third-order valence-corrected chi connectivity index (χ3v) is 3.70. The summed E-state index contributed by atoms with van der Waals surface area (Å²) >= 11 is 0. The van der Waals surface area contributed by atoms with Crippen LogP contribution in [0.3, 0.4) is 0 Å². The van der Waals surface area contributed by atoms with E-state index in [0.29, 0.717) is 13.0 Å². The second-order valence-electron chi connectivity index (χ2n) is 5.83. The predicted molar refractivity (Wildman–Crippen MR) is 91.5 cm³/mol. The molecule has 0 aromatic rings. The van der Waals surface area contributed by atoms with Gasteiger partial charge in [-0.05, 0) is 19.8 Å². The molecule has 0 aliphatic carbocycles. The van der Waals surface area contributed by atoms with Gasteiger partial charge in [-0.25, -0.2) is 4.79 Å². The first-order chi connectivity index (χ1) is 10.7. The lowest BCUT2D eigenvalue weighted by molar-refractivity contribution is -0.136. The van der Waals surface area contributed by atoms with Crippen molar-refractivity contribution in [3.63, 3.8) is 0 Å². The van der Waals surface area contributed by atoms with Gasteiger partial charge in [-0.3, -0.25) is 0 Å². The normalized spacial score (nSPS) is 11.6. The summed E-state index contributed by atoms with van der Waals surface area (Å²) in [6.07, 6.45) is 14.1. The van der Waals surface area contributed by atoms with Gasteiger partial charge in [0, 0.05) is 5.92 Å². The smallest absolute Gasteiger partial charge is 0.384 e. The van der Waals surface area contributed by atoms with Gasteiger partial charge in [0.05, 0.1) is 6.61 Å². The molecule has 0 aromatic heterocycles. The van der Waals surface area contributed by atoms with E-state index in [-0.39, 0.29) is 0 Å². The van der Waals surface area contributed by atoms with Crippen molar-refractivity contribution in [2.45, 2.75) is 97.0 Å². The zero-order chi connectivity index (χ0) is 16.5. The number of rotatable bonds is 13. The molecule has 0 aliphatic heterocycles. The number of aliphatic hydroxyl groups is 1. The van der Waals surface area contributed by atoms with E-state index in [1.54, 1.807) is 6.92 Å². The van der Waals surface area contributed by atoms with Gasteiger partial charge in [0.2, 0.25) is 0 Å². The predicted octanol–water partition coefficient (Wildman–Crippen LogP) is 4.61. The van der Waals surface area contributed by atoms with Gasteiger partial charge < -0.3 is 9.84 Å². The van der Waals surface area contributed by atoms with Gasteiger partial charge in [0.25, 0.3) is 0 Å². The molecule has 3 nitrogen and oxygen atoms in total. The summed E-state index contributed by atoms with van der Waals surface area (Å²) in [6, 6.07) is 0. The molecule has 0 bridgehead atoms. The molecule has 0 aliphatic rings. The molecule has 0 saturated heterocycles. The SMILES string of the molecule is CCCCCCCCCCCCCC(O)C#CC(=O)OCC. The molecule has 1 N–H and O–H groups in total. The lowest BCUT2D eigenvalue weighted by atomic mass is 10.0. The summed E-state index contributed by atoms with van der Waals surface area (Å²) in [4.78, 5) is 11.0. The van der Waals surface area contributed by atoms with E-state index in [1.807, 2.05) is 0 Å². The molecule has 0 aromatic carbocycles. The van der Waals surface area contributed by atoms with Crippen LogP contribution in [0.5, 0.6) is 0 Å². The maximum absolute atomic E-state index is 11.0. The van der Waals surface area contributed by atoms with Crippen molar-refractivity contribution in [1.82, 2.24) is 0 Å². The Kier molecular flexibility index (Phi) is 15.6. The van der Waals surface area contributed by atoms with Crippen LogP contribution in [-0.4, -0.2) is 23.8 Å². The molecule has 128 valence electrons. The number of unbranched alkanes of at least 4 members (excludes halogenated alkanes) is 10. The molecule has 22 heavy (non-hydrogen) atoms. The fraction of sp³-hybridized carbons (Fsp3) is 0.842. The molecule has 0 rings (SSSR count). The van der Waals surface area contributed by atoms with Crippen LogP contribution < -0.4 is 0 Å². The molecule has 0 saturated carbocycles. The van der Waals surface area contributed by atoms with E-state index in [2.05, 4.69) is 23.5 Å². The molecule has 3 heteroatoms. The largest absolute Gasteiger partial charge is 0.456 e. The highest BCUT2D eigenvalue weighted by atomic mass is 16.5. The van der Waals surface area contributed by atoms with Gasteiger partial charge in [-0.15, -0.1) is 0 Å². The molecule has 1 atom stereocenters. The molecular formula is C19H34O3. The molecule has 0 fully saturated rings. The first-order valence-corrected chi connectivity index (χ1v) is 9.07. The van der Waals surface area contributed by atoms with Crippen molar-refractivity contribution >= 4 is 5.97 Å². The van der Waals surface area contributed by atoms with E-state index in [1.165, 1.54) is 57.8 Å². The Morgan fingerprint density at radius 3 is 1.91 bits per heavy atom. The van der Waals surface area contributed by atoms with Gasteiger partial charge in [-0.1, -0.05) is 77.1 Å². The topological polar surface area (TPSA) is 46.5 Å². The first-order valence-electron chi connectivity index (χ1n) is 9.07. The van der Waals surface area contributed by atoms with Crippen molar-refractivity contribution in [3.8, 4) is 11.8 Å². The minimum absolute atomic E-state index is 0.322. The number of carbonyl (C=O) groups excluding carboxylic acids is 1. The fourth-order valence-electron chi connectivity index (χ4n) is 2.38. The van der Waals surface area contributed by atoms with Gasteiger partial charge >= 0.3 is 5.97 Å². The lowest BCUT2D eigenvalue weighted by Crippen LogP contribution is -2.05. The Balaban J connectivity index is 3.33. The van der Waals surface area contributed by atoms with Crippen molar-refractivity contribution in [2.75, 3.05) is 6.61 Å². The number of aliphatic hydroxyl groups excluding tert-OH is 1.